The average Bonchev–Trinajstić information content (AvgIpc) is 2.59. The fourth-order valence-corrected chi connectivity index (χ4v) is 3.82. The van der Waals surface area contributed by atoms with Gasteiger partial charge in [-0.25, -0.2) is 0 Å². The Bertz CT molecular complexity index is 549. The molecule has 0 spiro atoms. The molecule has 2 unspecified atom stereocenters. The zero-order valence-electron chi connectivity index (χ0n) is 15.8. The Morgan fingerprint density at radius 1 is 0.958 bits per heavy atom. The molecule has 0 saturated heterocycles. The van der Waals surface area contributed by atoms with E-state index in [0.717, 1.165) is 12.3 Å². The van der Waals surface area contributed by atoms with Crippen molar-refractivity contribution in [3.63, 3.8) is 0 Å². The Hall–Kier alpha value is -0.870. The fraction of sp³-hybridized carbons (Fsp3) is 0.700. The van der Waals surface area contributed by atoms with Gasteiger partial charge >= 0.3 is 0 Å². The lowest BCUT2D eigenvalue weighted by Crippen LogP contribution is -2.05. The van der Waals surface area contributed by atoms with Crippen LogP contribution in [0.25, 0.3) is 0 Å². The first-order valence-electron chi connectivity index (χ1n) is 9.35. The minimum absolute atomic E-state index is 0.230. The molecule has 0 aromatic heterocycles. The quantitative estimate of drug-likeness (QED) is 0.346. The van der Waals surface area contributed by atoms with Gasteiger partial charge in [0.05, 0.1) is 12.0 Å². The van der Waals surface area contributed by atoms with Crippen molar-refractivity contribution < 1.29 is 12.6 Å². The van der Waals surface area contributed by atoms with Crippen LogP contribution in [-0.4, -0.2) is 15.5 Å². The van der Waals surface area contributed by atoms with Crippen molar-refractivity contribution in [2.24, 2.45) is 5.92 Å². The first-order valence-corrected chi connectivity index (χ1v) is 10.8. The van der Waals surface area contributed by atoms with Crippen LogP contribution in [0.15, 0.2) is 29.2 Å². The number of unbranched alkanes of at least 4 members (excludes halogenated alkanes) is 3. The first-order chi connectivity index (χ1) is 11.4. The van der Waals surface area contributed by atoms with Crippen molar-refractivity contribution in [1.29, 1.82) is 0 Å². The summed E-state index contributed by atoms with van der Waals surface area (Å²) in [5.41, 5.74) is 1.23. The molecule has 138 valence electrons. The van der Waals surface area contributed by atoms with E-state index >= 15 is 0 Å². The molecule has 0 fully saturated rings. The maximum Gasteiger partial charge on any atom is 0.296 e. The molecule has 0 N–H and O–H groups in total. The van der Waals surface area contributed by atoms with Crippen LogP contribution in [0, 0.1) is 5.92 Å². The van der Waals surface area contributed by atoms with Crippen molar-refractivity contribution in [3.8, 4) is 0 Å². The Balaban J connectivity index is 2.54. The van der Waals surface area contributed by atoms with Crippen LogP contribution in [0.4, 0.5) is 0 Å². The van der Waals surface area contributed by atoms with Crippen LogP contribution in [0.1, 0.15) is 83.6 Å². The molecule has 0 aliphatic rings. The highest BCUT2D eigenvalue weighted by molar-refractivity contribution is 7.86. The zero-order chi connectivity index (χ0) is 18.0. The van der Waals surface area contributed by atoms with Gasteiger partial charge < -0.3 is 0 Å². The van der Waals surface area contributed by atoms with Crippen molar-refractivity contribution in [1.82, 2.24) is 0 Å². The number of hydrogen-bond donors (Lipinski definition) is 0. The molecule has 1 aromatic carbocycles. The fourth-order valence-electron chi connectivity index (χ4n) is 3.16. The van der Waals surface area contributed by atoms with Crippen LogP contribution in [0.3, 0.4) is 0 Å². The van der Waals surface area contributed by atoms with Crippen LogP contribution < -0.4 is 0 Å². The maximum atomic E-state index is 11.7. The monoisotopic (exact) mass is 354 g/mol. The molecule has 0 radical (unpaired) electrons. The third-order valence-electron chi connectivity index (χ3n) is 4.91. The second-order valence-electron chi connectivity index (χ2n) is 6.83. The highest BCUT2D eigenvalue weighted by Gasteiger charge is 2.15. The number of benzene rings is 1. The van der Waals surface area contributed by atoms with Crippen LogP contribution >= 0.6 is 0 Å². The van der Waals surface area contributed by atoms with E-state index in [1.807, 2.05) is 12.1 Å². The number of hydrogen-bond acceptors (Lipinski definition) is 3. The Morgan fingerprint density at radius 3 is 2.17 bits per heavy atom. The highest BCUT2D eigenvalue weighted by Crippen LogP contribution is 2.29. The van der Waals surface area contributed by atoms with Gasteiger partial charge in [0.25, 0.3) is 10.1 Å². The second kappa shape index (κ2) is 10.9. The summed E-state index contributed by atoms with van der Waals surface area (Å²) < 4.78 is 27.9. The van der Waals surface area contributed by atoms with Gasteiger partial charge in [-0.05, 0) is 42.4 Å². The molecule has 1 aromatic rings. The SMILES string of the molecule is CCCCCCC(C)CCC(CC)c1ccc(S(=O)(=O)OC)cc1. The molecule has 0 amide bonds. The summed E-state index contributed by atoms with van der Waals surface area (Å²) in [4.78, 5) is 0.230. The van der Waals surface area contributed by atoms with Crippen LogP contribution in [-0.2, 0) is 14.3 Å². The molecule has 24 heavy (non-hydrogen) atoms. The van der Waals surface area contributed by atoms with Crippen molar-refractivity contribution in [3.05, 3.63) is 29.8 Å². The lowest BCUT2D eigenvalue weighted by Gasteiger charge is -2.18. The van der Waals surface area contributed by atoms with Crippen molar-refractivity contribution in [2.75, 3.05) is 7.11 Å². The normalized spacial score (nSPS) is 14.5. The summed E-state index contributed by atoms with van der Waals surface area (Å²) in [5.74, 6) is 1.27. The largest absolute Gasteiger partial charge is 0.296 e. The maximum absolute atomic E-state index is 11.7. The highest BCUT2D eigenvalue weighted by atomic mass is 32.2. The standard InChI is InChI=1S/C20H34O3S/c1-5-7-8-9-10-17(3)11-12-18(6-2)19-13-15-20(16-14-19)24(21,22)23-4/h13-18H,5-12H2,1-4H3. The minimum Gasteiger partial charge on any atom is -0.270 e. The second-order valence-corrected chi connectivity index (χ2v) is 8.54. The van der Waals surface area contributed by atoms with E-state index in [2.05, 4.69) is 25.0 Å². The lowest BCUT2D eigenvalue weighted by molar-refractivity contribution is 0.397. The predicted octanol–water partition coefficient (Wildman–Crippen LogP) is 5.90. The van der Waals surface area contributed by atoms with Gasteiger partial charge in [-0.3, -0.25) is 4.18 Å². The van der Waals surface area contributed by atoms with Gasteiger partial charge in [0.1, 0.15) is 0 Å². The van der Waals surface area contributed by atoms with Gasteiger partial charge in [0.15, 0.2) is 0 Å². The summed E-state index contributed by atoms with van der Waals surface area (Å²) in [5, 5.41) is 0. The Labute approximate surface area is 148 Å². The molecular weight excluding hydrogens is 320 g/mol. The summed E-state index contributed by atoms with van der Waals surface area (Å²) in [7, 11) is -2.39. The molecule has 3 nitrogen and oxygen atoms in total. The molecular formula is C20H34O3S. The summed E-state index contributed by atoms with van der Waals surface area (Å²) >= 11 is 0. The van der Waals surface area contributed by atoms with Gasteiger partial charge in [-0.1, -0.05) is 71.4 Å². The van der Waals surface area contributed by atoms with Crippen LogP contribution in [0.5, 0.6) is 0 Å². The van der Waals surface area contributed by atoms with Crippen molar-refractivity contribution in [2.45, 2.75) is 83.0 Å². The Morgan fingerprint density at radius 2 is 1.62 bits per heavy atom. The molecule has 0 bridgehead atoms. The van der Waals surface area contributed by atoms with E-state index < -0.39 is 10.1 Å². The molecule has 2 atom stereocenters. The molecule has 0 heterocycles. The smallest absolute Gasteiger partial charge is 0.270 e. The summed E-state index contributed by atoms with van der Waals surface area (Å²) in [6, 6.07) is 7.19. The number of rotatable bonds is 12. The average molecular weight is 355 g/mol. The van der Waals surface area contributed by atoms with E-state index in [9.17, 15) is 8.42 Å². The third-order valence-corrected chi connectivity index (χ3v) is 6.20. The van der Waals surface area contributed by atoms with Crippen molar-refractivity contribution >= 4 is 10.1 Å². The van der Waals surface area contributed by atoms with Gasteiger partial charge in [-0.2, -0.15) is 8.42 Å². The van der Waals surface area contributed by atoms with Gasteiger partial charge in [0, 0.05) is 0 Å². The molecule has 0 aliphatic heterocycles. The molecule has 0 saturated carbocycles. The first kappa shape index (κ1) is 21.2. The Kier molecular flexibility index (Phi) is 9.60. The summed E-state index contributed by atoms with van der Waals surface area (Å²) in [6.45, 7) is 6.81. The van der Waals surface area contributed by atoms with E-state index in [1.54, 1.807) is 12.1 Å². The third kappa shape index (κ3) is 6.94. The van der Waals surface area contributed by atoms with Gasteiger partial charge in [-0.15, -0.1) is 0 Å². The molecule has 0 aliphatic carbocycles. The predicted molar refractivity (Wildman–Crippen MR) is 101 cm³/mol. The zero-order valence-corrected chi connectivity index (χ0v) is 16.6. The van der Waals surface area contributed by atoms with E-state index in [-0.39, 0.29) is 4.90 Å². The topological polar surface area (TPSA) is 43.4 Å². The van der Waals surface area contributed by atoms with E-state index in [1.165, 1.54) is 57.6 Å². The van der Waals surface area contributed by atoms with Crippen LogP contribution in [0.2, 0.25) is 0 Å². The minimum atomic E-state index is -3.59. The molecule has 1 rings (SSSR count). The molecule has 4 heteroatoms. The van der Waals surface area contributed by atoms with E-state index in [4.69, 9.17) is 0 Å². The van der Waals surface area contributed by atoms with E-state index in [0.29, 0.717) is 5.92 Å². The van der Waals surface area contributed by atoms with Gasteiger partial charge in [0.2, 0.25) is 0 Å². The summed E-state index contributed by atoms with van der Waals surface area (Å²) in [6.07, 6.45) is 10.1. The lowest BCUT2D eigenvalue weighted by atomic mass is 9.87.